The van der Waals surface area contributed by atoms with Gasteiger partial charge >= 0.3 is 0 Å². The molecular formula is C21H26N3O2+. The molecule has 1 amide bonds. The summed E-state index contributed by atoms with van der Waals surface area (Å²) in [6.07, 6.45) is 2.85. The molecule has 1 heterocycles. The van der Waals surface area contributed by atoms with Crippen LogP contribution in [0.4, 0.5) is 0 Å². The zero-order valence-electron chi connectivity index (χ0n) is 15.3. The van der Waals surface area contributed by atoms with E-state index in [1.807, 2.05) is 43.6 Å². The van der Waals surface area contributed by atoms with Gasteiger partial charge in [0.15, 0.2) is 6.54 Å². The van der Waals surface area contributed by atoms with Crippen molar-refractivity contribution in [3.63, 3.8) is 0 Å². The first-order valence-corrected chi connectivity index (χ1v) is 8.91. The van der Waals surface area contributed by atoms with Crippen LogP contribution in [0.15, 0.2) is 54.7 Å². The van der Waals surface area contributed by atoms with E-state index in [0.29, 0.717) is 13.1 Å². The molecule has 26 heavy (non-hydrogen) atoms. The highest BCUT2D eigenvalue weighted by Crippen LogP contribution is 2.17. The summed E-state index contributed by atoms with van der Waals surface area (Å²) in [6, 6.07) is 16.2. The minimum absolute atomic E-state index is 0.0743. The van der Waals surface area contributed by atoms with Crippen LogP contribution in [0, 0.1) is 0 Å². The van der Waals surface area contributed by atoms with Crippen molar-refractivity contribution < 1.29 is 14.4 Å². The van der Waals surface area contributed by atoms with Gasteiger partial charge in [-0.05, 0) is 30.2 Å². The number of hydrogen-bond donors (Lipinski definition) is 3. The van der Waals surface area contributed by atoms with E-state index in [4.69, 9.17) is 4.74 Å². The lowest BCUT2D eigenvalue weighted by atomic mass is 10.1. The Balaban J connectivity index is 1.44. The molecule has 1 atom stereocenters. The molecule has 3 N–H and O–H groups in total. The third-order valence-corrected chi connectivity index (χ3v) is 4.49. The van der Waals surface area contributed by atoms with Gasteiger partial charge < -0.3 is 19.9 Å². The van der Waals surface area contributed by atoms with Gasteiger partial charge in [-0.1, -0.05) is 30.3 Å². The molecule has 136 valence electrons. The van der Waals surface area contributed by atoms with Gasteiger partial charge in [0.05, 0.1) is 14.2 Å². The molecule has 3 aromatic rings. The number of aromatic nitrogens is 1. The van der Waals surface area contributed by atoms with E-state index in [-0.39, 0.29) is 5.91 Å². The molecule has 0 aliphatic heterocycles. The number of quaternary nitrogens is 1. The van der Waals surface area contributed by atoms with E-state index in [0.717, 1.165) is 34.7 Å². The van der Waals surface area contributed by atoms with Gasteiger partial charge in [-0.15, -0.1) is 0 Å². The number of carbonyl (C=O) groups is 1. The summed E-state index contributed by atoms with van der Waals surface area (Å²) in [5.74, 6) is 0.920. The zero-order chi connectivity index (χ0) is 18.4. The van der Waals surface area contributed by atoms with Crippen LogP contribution in [-0.4, -0.2) is 38.1 Å². The van der Waals surface area contributed by atoms with Crippen molar-refractivity contribution in [2.24, 2.45) is 0 Å². The third kappa shape index (κ3) is 4.64. The second kappa shape index (κ2) is 8.54. The highest BCUT2D eigenvalue weighted by Gasteiger charge is 2.11. The number of fused-ring (bicyclic) bond motifs is 1. The van der Waals surface area contributed by atoms with Crippen LogP contribution in [-0.2, 0) is 17.8 Å². The predicted molar refractivity (Wildman–Crippen MR) is 103 cm³/mol. The number of methoxy groups -OCH3 is 1. The Morgan fingerprint density at radius 1 is 1.19 bits per heavy atom. The summed E-state index contributed by atoms with van der Waals surface area (Å²) in [5.41, 5.74) is 3.53. The maximum atomic E-state index is 12.2. The summed E-state index contributed by atoms with van der Waals surface area (Å²) in [6.45, 7) is 1.88. The van der Waals surface area contributed by atoms with E-state index in [1.165, 1.54) is 10.9 Å². The fraction of sp³-hybridized carbons (Fsp3) is 0.286. The Labute approximate surface area is 154 Å². The number of nitrogens with one attached hydrogen (secondary N) is 3. The number of hydrogen-bond acceptors (Lipinski definition) is 2. The number of para-hydroxylation sites is 1. The Morgan fingerprint density at radius 2 is 2.04 bits per heavy atom. The zero-order valence-corrected chi connectivity index (χ0v) is 15.3. The first-order chi connectivity index (χ1) is 12.7. The van der Waals surface area contributed by atoms with Crippen LogP contribution >= 0.6 is 0 Å². The van der Waals surface area contributed by atoms with Crippen LogP contribution in [0.25, 0.3) is 10.9 Å². The van der Waals surface area contributed by atoms with Crippen LogP contribution in [0.1, 0.15) is 11.1 Å². The average molecular weight is 352 g/mol. The van der Waals surface area contributed by atoms with Crippen LogP contribution < -0.4 is 15.0 Å². The molecule has 0 saturated heterocycles. The second-order valence-electron chi connectivity index (χ2n) is 6.62. The number of ether oxygens (including phenoxy) is 1. The minimum Gasteiger partial charge on any atom is -0.497 e. The van der Waals surface area contributed by atoms with Crippen molar-refractivity contribution in [2.45, 2.75) is 13.0 Å². The SMILES string of the molecule is COc1cccc(C[NH+](C)CC(=O)NCCc2c[nH]c3ccccc23)c1. The summed E-state index contributed by atoms with van der Waals surface area (Å²) in [7, 11) is 3.69. The van der Waals surface area contributed by atoms with Crippen molar-refractivity contribution in [3.05, 3.63) is 65.9 Å². The maximum absolute atomic E-state index is 12.2. The molecule has 0 saturated carbocycles. The monoisotopic (exact) mass is 352 g/mol. The standard InChI is InChI=1S/C21H25N3O2/c1-24(14-16-6-5-7-18(12-16)26-2)15-21(25)22-11-10-17-13-23-20-9-4-3-8-19(17)20/h3-9,12-13,23H,10-11,14-15H2,1-2H3,(H,22,25)/p+1. The molecule has 0 fully saturated rings. The molecule has 0 bridgehead atoms. The minimum atomic E-state index is 0.0743. The van der Waals surface area contributed by atoms with Crippen LogP contribution in [0.5, 0.6) is 5.75 Å². The van der Waals surface area contributed by atoms with Gasteiger partial charge in [-0.2, -0.15) is 0 Å². The summed E-state index contributed by atoms with van der Waals surface area (Å²) in [4.78, 5) is 16.6. The third-order valence-electron chi connectivity index (χ3n) is 4.49. The Bertz CT molecular complexity index is 872. The van der Waals surface area contributed by atoms with Gasteiger partial charge in [0, 0.05) is 29.2 Å². The second-order valence-corrected chi connectivity index (χ2v) is 6.62. The van der Waals surface area contributed by atoms with Crippen molar-refractivity contribution >= 4 is 16.8 Å². The summed E-state index contributed by atoms with van der Waals surface area (Å²) in [5, 5.41) is 4.25. The number of rotatable bonds is 8. The number of benzene rings is 2. The van der Waals surface area contributed by atoms with E-state index in [9.17, 15) is 4.79 Å². The summed E-state index contributed by atoms with van der Waals surface area (Å²) < 4.78 is 5.25. The first kappa shape index (κ1) is 18.0. The number of likely N-dealkylation sites (N-methyl/N-ethyl adjacent to an activating group) is 1. The first-order valence-electron chi connectivity index (χ1n) is 8.91. The normalized spacial score (nSPS) is 12.1. The number of aromatic amines is 1. The van der Waals surface area contributed by atoms with Gasteiger partial charge in [0.1, 0.15) is 12.3 Å². The highest BCUT2D eigenvalue weighted by molar-refractivity contribution is 5.83. The molecule has 0 radical (unpaired) electrons. The molecule has 0 aliphatic carbocycles. The van der Waals surface area contributed by atoms with E-state index in [2.05, 4.69) is 28.5 Å². The van der Waals surface area contributed by atoms with Crippen molar-refractivity contribution in [1.29, 1.82) is 0 Å². The fourth-order valence-corrected chi connectivity index (χ4v) is 3.21. The fourth-order valence-electron chi connectivity index (χ4n) is 3.21. The molecule has 0 aliphatic rings. The molecule has 5 heteroatoms. The van der Waals surface area contributed by atoms with Crippen molar-refractivity contribution in [3.8, 4) is 5.75 Å². The van der Waals surface area contributed by atoms with Gasteiger partial charge in [0.25, 0.3) is 5.91 Å². The Kier molecular flexibility index (Phi) is 5.92. The van der Waals surface area contributed by atoms with Crippen molar-refractivity contribution in [1.82, 2.24) is 10.3 Å². The van der Waals surface area contributed by atoms with Gasteiger partial charge in [-0.3, -0.25) is 4.79 Å². The highest BCUT2D eigenvalue weighted by atomic mass is 16.5. The lowest BCUT2D eigenvalue weighted by molar-refractivity contribution is -0.885. The lowest BCUT2D eigenvalue weighted by Gasteiger charge is -2.14. The largest absolute Gasteiger partial charge is 0.497 e. The Morgan fingerprint density at radius 3 is 2.88 bits per heavy atom. The number of carbonyl (C=O) groups excluding carboxylic acids is 1. The van der Waals surface area contributed by atoms with Crippen LogP contribution in [0.3, 0.4) is 0 Å². The lowest BCUT2D eigenvalue weighted by Crippen LogP contribution is -3.08. The molecule has 1 aromatic heterocycles. The van der Waals surface area contributed by atoms with Gasteiger partial charge in [-0.25, -0.2) is 0 Å². The van der Waals surface area contributed by atoms with E-state index in [1.54, 1.807) is 7.11 Å². The van der Waals surface area contributed by atoms with Crippen LogP contribution in [0.2, 0.25) is 0 Å². The average Bonchev–Trinajstić information content (AvgIpc) is 3.05. The Hall–Kier alpha value is -2.79. The molecule has 1 unspecified atom stereocenters. The van der Waals surface area contributed by atoms with E-state index >= 15 is 0 Å². The smallest absolute Gasteiger partial charge is 0.275 e. The summed E-state index contributed by atoms with van der Waals surface area (Å²) >= 11 is 0. The maximum Gasteiger partial charge on any atom is 0.275 e. The molecular weight excluding hydrogens is 326 g/mol. The quantitative estimate of drug-likeness (QED) is 0.576. The molecule has 5 nitrogen and oxygen atoms in total. The van der Waals surface area contributed by atoms with Gasteiger partial charge in [0.2, 0.25) is 0 Å². The molecule has 0 spiro atoms. The molecule has 3 rings (SSSR count). The van der Waals surface area contributed by atoms with Crippen molar-refractivity contribution in [2.75, 3.05) is 27.2 Å². The molecule has 2 aromatic carbocycles. The number of H-pyrrole nitrogens is 1. The topological polar surface area (TPSA) is 58.6 Å². The predicted octanol–water partition coefficient (Wildman–Crippen LogP) is 1.55. The van der Waals surface area contributed by atoms with E-state index < -0.39 is 0 Å². The number of amides is 1.